The summed E-state index contributed by atoms with van der Waals surface area (Å²) < 4.78 is 12.9. The van der Waals surface area contributed by atoms with E-state index >= 15 is 0 Å². The van der Waals surface area contributed by atoms with Crippen LogP contribution in [0.25, 0.3) is 0 Å². The van der Waals surface area contributed by atoms with E-state index in [-0.39, 0.29) is 11.2 Å². The summed E-state index contributed by atoms with van der Waals surface area (Å²) in [5.74, 6) is -1.24. The van der Waals surface area contributed by atoms with Crippen molar-refractivity contribution in [3.8, 4) is 0 Å². The zero-order valence-electron chi connectivity index (χ0n) is 11.3. The molecule has 0 aliphatic rings. The summed E-state index contributed by atoms with van der Waals surface area (Å²) in [6, 6.07) is 5.58. The van der Waals surface area contributed by atoms with Crippen molar-refractivity contribution in [2.45, 2.75) is 31.7 Å². The Kier molecular flexibility index (Phi) is 5.44. The van der Waals surface area contributed by atoms with Gasteiger partial charge in [-0.05, 0) is 30.7 Å². The summed E-state index contributed by atoms with van der Waals surface area (Å²) in [6.07, 6.45) is 0.384. The zero-order valence-corrected chi connectivity index (χ0v) is 11.3. The number of hydrogen-bond donors (Lipinski definition) is 3. The molecule has 1 unspecified atom stereocenters. The Hall–Kier alpha value is -1.46. The number of hydrogen-bond acceptors (Lipinski definition) is 3. The normalized spacial score (nSPS) is 13.3. The van der Waals surface area contributed by atoms with Crippen LogP contribution in [0.5, 0.6) is 0 Å². The van der Waals surface area contributed by atoms with Gasteiger partial charge in [0.15, 0.2) is 0 Å². The maximum Gasteiger partial charge on any atom is 0.320 e. The molecule has 0 fully saturated rings. The second kappa shape index (κ2) is 6.63. The highest BCUT2D eigenvalue weighted by atomic mass is 19.1. The first-order valence-corrected chi connectivity index (χ1v) is 6.28. The third-order valence-electron chi connectivity index (χ3n) is 3.14. The van der Waals surface area contributed by atoms with Gasteiger partial charge in [-0.2, -0.15) is 0 Å². The van der Waals surface area contributed by atoms with Gasteiger partial charge in [-0.3, -0.25) is 4.79 Å². The number of carboxylic acid groups (broad SMARTS) is 1. The average Bonchev–Trinajstić information content (AvgIpc) is 2.34. The Bertz CT molecular complexity index is 418. The lowest BCUT2D eigenvalue weighted by molar-refractivity contribution is -0.138. The van der Waals surface area contributed by atoms with E-state index in [2.05, 4.69) is 5.32 Å². The molecule has 0 aliphatic carbocycles. The predicted octanol–water partition coefficient (Wildman–Crippen LogP) is 1.49. The highest BCUT2D eigenvalue weighted by molar-refractivity contribution is 5.72. The summed E-state index contributed by atoms with van der Waals surface area (Å²) >= 11 is 0. The molecule has 0 bridgehead atoms. The minimum atomic E-state index is -0.986. The van der Waals surface area contributed by atoms with Gasteiger partial charge in [-0.1, -0.05) is 26.0 Å². The number of carbonyl (C=O) groups is 1. The summed E-state index contributed by atoms with van der Waals surface area (Å²) in [4.78, 5) is 10.6. The van der Waals surface area contributed by atoms with Crippen molar-refractivity contribution in [3.63, 3.8) is 0 Å². The van der Waals surface area contributed by atoms with Gasteiger partial charge in [-0.15, -0.1) is 0 Å². The van der Waals surface area contributed by atoms with Gasteiger partial charge in [0.25, 0.3) is 0 Å². The van der Waals surface area contributed by atoms with E-state index in [0.29, 0.717) is 19.5 Å². The van der Waals surface area contributed by atoms with Gasteiger partial charge in [0.2, 0.25) is 0 Å². The van der Waals surface area contributed by atoms with E-state index in [9.17, 15) is 9.18 Å². The molecule has 106 valence electrons. The molecule has 1 rings (SSSR count). The van der Waals surface area contributed by atoms with Crippen LogP contribution in [-0.4, -0.2) is 30.2 Å². The molecule has 4 nitrogen and oxygen atoms in total. The van der Waals surface area contributed by atoms with E-state index < -0.39 is 12.0 Å². The minimum absolute atomic E-state index is 0.152. The number of benzene rings is 1. The molecule has 0 aliphatic heterocycles. The van der Waals surface area contributed by atoms with Gasteiger partial charge in [0.1, 0.15) is 11.9 Å². The molecule has 0 spiro atoms. The lowest BCUT2D eigenvalue weighted by Gasteiger charge is -2.26. The van der Waals surface area contributed by atoms with Crippen LogP contribution in [0.3, 0.4) is 0 Å². The van der Waals surface area contributed by atoms with Crippen LogP contribution in [0.15, 0.2) is 24.3 Å². The average molecular weight is 268 g/mol. The number of carboxylic acids is 1. The number of rotatable bonds is 7. The fourth-order valence-electron chi connectivity index (χ4n) is 1.79. The number of halogens is 1. The van der Waals surface area contributed by atoms with Gasteiger partial charge in [-0.25, -0.2) is 4.39 Å². The van der Waals surface area contributed by atoms with Crippen molar-refractivity contribution in [3.05, 3.63) is 35.6 Å². The topological polar surface area (TPSA) is 75.3 Å². The van der Waals surface area contributed by atoms with Crippen LogP contribution in [0.2, 0.25) is 0 Å². The third kappa shape index (κ3) is 4.96. The second-order valence-electron chi connectivity index (χ2n) is 5.30. The fourth-order valence-corrected chi connectivity index (χ4v) is 1.79. The largest absolute Gasteiger partial charge is 0.480 e. The SMILES string of the molecule is CC(C)(CNCCC(N)C(=O)O)c1ccc(F)cc1. The van der Waals surface area contributed by atoms with Crippen LogP contribution in [0.1, 0.15) is 25.8 Å². The molecule has 0 amide bonds. The van der Waals surface area contributed by atoms with Crippen LogP contribution >= 0.6 is 0 Å². The monoisotopic (exact) mass is 268 g/mol. The summed E-state index contributed by atoms with van der Waals surface area (Å²) in [6.45, 7) is 5.30. The molecule has 1 atom stereocenters. The van der Waals surface area contributed by atoms with Crippen molar-refractivity contribution in [1.29, 1.82) is 0 Å². The molecule has 0 radical (unpaired) electrons. The maximum absolute atomic E-state index is 12.9. The molecule has 0 saturated heterocycles. The van der Waals surface area contributed by atoms with Gasteiger partial charge < -0.3 is 16.2 Å². The fraction of sp³-hybridized carbons (Fsp3) is 0.500. The van der Waals surface area contributed by atoms with E-state index in [1.807, 2.05) is 13.8 Å². The Morgan fingerprint density at radius 1 is 1.42 bits per heavy atom. The predicted molar refractivity (Wildman–Crippen MR) is 72.5 cm³/mol. The molecule has 1 aromatic carbocycles. The molecule has 0 heterocycles. The smallest absolute Gasteiger partial charge is 0.320 e. The Morgan fingerprint density at radius 2 is 2.00 bits per heavy atom. The number of nitrogens with two attached hydrogens (primary N) is 1. The maximum atomic E-state index is 12.9. The van der Waals surface area contributed by atoms with Crippen molar-refractivity contribution in [1.82, 2.24) is 5.32 Å². The lowest BCUT2D eigenvalue weighted by atomic mass is 9.84. The highest BCUT2D eigenvalue weighted by Crippen LogP contribution is 2.22. The molecule has 19 heavy (non-hydrogen) atoms. The molecule has 1 aromatic rings. The van der Waals surface area contributed by atoms with Gasteiger partial charge in [0.05, 0.1) is 0 Å². The van der Waals surface area contributed by atoms with Crippen LogP contribution in [0.4, 0.5) is 4.39 Å². The van der Waals surface area contributed by atoms with Crippen molar-refractivity contribution in [2.24, 2.45) is 5.73 Å². The quantitative estimate of drug-likeness (QED) is 0.655. The molecule has 0 saturated carbocycles. The molecular formula is C14H21FN2O2. The Balaban J connectivity index is 2.43. The van der Waals surface area contributed by atoms with Crippen LogP contribution < -0.4 is 11.1 Å². The minimum Gasteiger partial charge on any atom is -0.480 e. The first-order chi connectivity index (χ1) is 8.83. The first kappa shape index (κ1) is 15.6. The van der Waals surface area contributed by atoms with E-state index in [1.54, 1.807) is 12.1 Å². The summed E-state index contributed by atoms with van der Waals surface area (Å²) in [7, 11) is 0. The molecule has 5 heteroatoms. The van der Waals surface area contributed by atoms with Gasteiger partial charge in [0, 0.05) is 12.0 Å². The van der Waals surface area contributed by atoms with Crippen molar-refractivity contribution >= 4 is 5.97 Å². The summed E-state index contributed by atoms with van der Waals surface area (Å²) in [5, 5.41) is 11.8. The molecule has 4 N–H and O–H groups in total. The molecular weight excluding hydrogens is 247 g/mol. The highest BCUT2D eigenvalue weighted by Gasteiger charge is 2.20. The second-order valence-corrected chi connectivity index (χ2v) is 5.30. The standard InChI is InChI=1S/C14H21FN2O2/c1-14(2,10-3-5-11(15)6-4-10)9-17-8-7-12(16)13(18)19/h3-6,12,17H,7-9,16H2,1-2H3,(H,18,19). The Labute approximate surface area is 112 Å². The zero-order chi connectivity index (χ0) is 14.5. The number of nitrogens with one attached hydrogen (secondary N) is 1. The van der Waals surface area contributed by atoms with Gasteiger partial charge >= 0.3 is 5.97 Å². The molecule has 0 aromatic heterocycles. The van der Waals surface area contributed by atoms with E-state index in [1.165, 1.54) is 12.1 Å². The van der Waals surface area contributed by atoms with Crippen LogP contribution in [-0.2, 0) is 10.2 Å². The summed E-state index contributed by atoms with van der Waals surface area (Å²) in [5.41, 5.74) is 6.29. The van der Waals surface area contributed by atoms with Crippen molar-refractivity contribution in [2.75, 3.05) is 13.1 Å². The van der Waals surface area contributed by atoms with Crippen LogP contribution in [0, 0.1) is 5.82 Å². The Morgan fingerprint density at radius 3 is 2.53 bits per heavy atom. The van der Waals surface area contributed by atoms with E-state index in [0.717, 1.165) is 5.56 Å². The third-order valence-corrected chi connectivity index (χ3v) is 3.14. The number of aliphatic carboxylic acids is 1. The van der Waals surface area contributed by atoms with E-state index in [4.69, 9.17) is 10.8 Å². The van der Waals surface area contributed by atoms with Crippen molar-refractivity contribution < 1.29 is 14.3 Å². The lowest BCUT2D eigenvalue weighted by Crippen LogP contribution is -2.37. The first-order valence-electron chi connectivity index (χ1n) is 6.28.